The molecule has 0 spiro atoms. The van der Waals surface area contributed by atoms with Crippen molar-refractivity contribution in [1.82, 2.24) is 9.97 Å². The summed E-state index contributed by atoms with van der Waals surface area (Å²) >= 11 is 0. The van der Waals surface area contributed by atoms with Gasteiger partial charge in [-0.3, -0.25) is 4.79 Å². The van der Waals surface area contributed by atoms with E-state index in [1.165, 1.54) is 0 Å². The number of hydrogen-bond acceptors (Lipinski definition) is 4. The van der Waals surface area contributed by atoms with Crippen molar-refractivity contribution >= 4 is 5.78 Å². The summed E-state index contributed by atoms with van der Waals surface area (Å²) in [4.78, 5) is 22.0. The van der Waals surface area contributed by atoms with Crippen molar-refractivity contribution < 1.29 is 4.79 Å². The summed E-state index contributed by atoms with van der Waals surface area (Å²) in [7, 11) is 0. The van der Waals surface area contributed by atoms with Crippen molar-refractivity contribution in [1.29, 1.82) is 5.26 Å². The summed E-state index contributed by atoms with van der Waals surface area (Å²) in [6.07, 6.45) is 5.60. The highest BCUT2D eigenvalue weighted by Crippen LogP contribution is 2.53. The van der Waals surface area contributed by atoms with E-state index in [-0.39, 0.29) is 28.6 Å². The molecule has 120 valence electrons. The second kappa shape index (κ2) is 4.99. The Bertz CT molecular complexity index is 754. The Morgan fingerprint density at radius 2 is 2.04 bits per heavy atom. The third-order valence-electron chi connectivity index (χ3n) is 5.60. The Hall–Kier alpha value is -2.02. The summed E-state index contributed by atoms with van der Waals surface area (Å²) in [5.74, 6) is 1.19. The first-order valence-corrected chi connectivity index (χ1v) is 8.26. The molecule has 0 amide bonds. The molecule has 2 atom stereocenters. The van der Waals surface area contributed by atoms with Gasteiger partial charge in [0.05, 0.1) is 11.3 Å². The number of nitriles is 1. The molecular formula is C19H23N3O. The van der Waals surface area contributed by atoms with E-state index in [9.17, 15) is 10.1 Å². The van der Waals surface area contributed by atoms with Gasteiger partial charge < -0.3 is 0 Å². The number of hydrogen-bond donors (Lipinski definition) is 0. The summed E-state index contributed by atoms with van der Waals surface area (Å²) in [5, 5.41) is 9.42. The molecule has 4 heteroatoms. The predicted octanol–water partition coefficient (Wildman–Crippen LogP) is 3.48. The number of rotatable bonds is 1. The molecule has 2 unspecified atom stereocenters. The van der Waals surface area contributed by atoms with E-state index in [1.54, 1.807) is 0 Å². The normalized spacial score (nSPS) is 28.7. The Kier molecular flexibility index (Phi) is 3.44. The Morgan fingerprint density at radius 3 is 2.65 bits per heavy atom. The Balaban J connectivity index is 2.26. The summed E-state index contributed by atoms with van der Waals surface area (Å²) in [5.41, 5.74) is 1.48. The van der Waals surface area contributed by atoms with E-state index < -0.39 is 5.41 Å². The van der Waals surface area contributed by atoms with Gasteiger partial charge in [0, 0.05) is 22.9 Å². The number of Topliss-reactive ketones (excluding diaryl/α,β-unsaturated/α-hetero) is 1. The zero-order chi connectivity index (χ0) is 17.0. The first-order chi connectivity index (χ1) is 10.7. The number of carbonyl (C=O) groups is 1. The highest BCUT2D eigenvalue weighted by molar-refractivity contribution is 6.04. The fraction of sp³-hybridized carbons (Fsp3) is 0.579. The zero-order valence-electron chi connectivity index (χ0n) is 14.5. The maximum Gasteiger partial charge on any atom is 0.178 e. The van der Waals surface area contributed by atoms with Crippen LogP contribution in [0, 0.1) is 22.7 Å². The molecule has 0 saturated heterocycles. The number of aryl methyl sites for hydroxylation is 1. The Morgan fingerprint density at radius 1 is 1.35 bits per heavy atom. The van der Waals surface area contributed by atoms with Gasteiger partial charge in [-0.1, -0.05) is 40.7 Å². The van der Waals surface area contributed by atoms with Crippen LogP contribution >= 0.6 is 0 Å². The third kappa shape index (κ3) is 2.14. The number of allylic oxidation sites excluding steroid dienone is 2. The smallest absolute Gasteiger partial charge is 0.178 e. The highest BCUT2D eigenvalue weighted by Gasteiger charge is 2.54. The van der Waals surface area contributed by atoms with E-state index in [0.717, 1.165) is 29.9 Å². The monoisotopic (exact) mass is 309 g/mol. The van der Waals surface area contributed by atoms with Gasteiger partial charge >= 0.3 is 0 Å². The zero-order valence-corrected chi connectivity index (χ0v) is 14.5. The minimum atomic E-state index is -0.546. The van der Waals surface area contributed by atoms with E-state index in [4.69, 9.17) is 4.98 Å². The van der Waals surface area contributed by atoms with Crippen LogP contribution < -0.4 is 0 Å². The maximum atomic E-state index is 12.6. The third-order valence-corrected chi connectivity index (χ3v) is 5.60. The van der Waals surface area contributed by atoms with Crippen LogP contribution in [0.15, 0.2) is 17.8 Å². The minimum Gasteiger partial charge on any atom is -0.293 e. The molecule has 1 heterocycles. The van der Waals surface area contributed by atoms with Gasteiger partial charge in [-0.25, -0.2) is 9.97 Å². The number of aromatic nitrogens is 2. The van der Waals surface area contributed by atoms with E-state index in [1.807, 2.05) is 26.1 Å². The molecule has 2 aliphatic carbocycles. The first-order valence-electron chi connectivity index (χ1n) is 8.26. The second-order valence-electron chi connectivity index (χ2n) is 7.85. The van der Waals surface area contributed by atoms with Gasteiger partial charge in [0.15, 0.2) is 5.78 Å². The molecule has 0 saturated carbocycles. The minimum absolute atomic E-state index is 0.0379. The SMILES string of the molecule is CC(C)c1ncc2c(n1)C1(C)C=C(C#N)C(=O)C(C)(C)C1CC2. The van der Waals surface area contributed by atoms with Crippen LogP contribution in [0.4, 0.5) is 0 Å². The van der Waals surface area contributed by atoms with Crippen molar-refractivity contribution in [2.24, 2.45) is 11.3 Å². The van der Waals surface area contributed by atoms with Gasteiger partial charge in [0.25, 0.3) is 0 Å². The summed E-state index contributed by atoms with van der Waals surface area (Å²) < 4.78 is 0. The van der Waals surface area contributed by atoms with Crippen LogP contribution in [0.1, 0.15) is 64.0 Å². The lowest BCUT2D eigenvalue weighted by Crippen LogP contribution is -2.51. The number of carbonyl (C=O) groups excluding carboxylic acids is 1. The number of fused-ring (bicyclic) bond motifs is 3. The predicted molar refractivity (Wildman–Crippen MR) is 87.8 cm³/mol. The molecule has 23 heavy (non-hydrogen) atoms. The van der Waals surface area contributed by atoms with Gasteiger partial charge in [-0.2, -0.15) is 5.26 Å². The lowest BCUT2D eigenvalue weighted by Gasteiger charge is -2.50. The van der Waals surface area contributed by atoms with Crippen LogP contribution in [-0.4, -0.2) is 15.8 Å². The molecule has 3 rings (SSSR count). The van der Waals surface area contributed by atoms with Gasteiger partial charge in [-0.15, -0.1) is 0 Å². The number of ketones is 1. The molecule has 0 fully saturated rings. The van der Waals surface area contributed by atoms with Gasteiger partial charge in [0.2, 0.25) is 0 Å². The lowest BCUT2D eigenvalue weighted by atomic mass is 9.52. The fourth-order valence-electron chi connectivity index (χ4n) is 4.35. The molecule has 0 radical (unpaired) electrons. The van der Waals surface area contributed by atoms with Crippen molar-refractivity contribution in [2.75, 3.05) is 0 Å². The van der Waals surface area contributed by atoms with Crippen molar-refractivity contribution in [3.8, 4) is 6.07 Å². The molecule has 0 aliphatic heterocycles. The largest absolute Gasteiger partial charge is 0.293 e. The summed E-state index contributed by atoms with van der Waals surface area (Å²) in [6, 6.07) is 2.10. The van der Waals surface area contributed by atoms with Crippen LogP contribution in [0.3, 0.4) is 0 Å². The summed E-state index contributed by atoms with van der Waals surface area (Å²) in [6.45, 7) is 10.2. The molecule has 0 N–H and O–H groups in total. The lowest BCUT2D eigenvalue weighted by molar-refractivity contribution is -0.128. The standard InChI is InChI=1S/C19H23N3O/c1-11(2)17-21-10-12-6-7-14-18(3,4)16(23)13(9-20)8-19(14,5)15(12)22-17/h8,10-11,14H,6-7H2,1-5H3. The van der Waals surface area contributed by atoms with Crippen LogP contribution in [-0.2, 0) is 16.6 Å². The molecule has 2 aliphatic rings. The van der Waals surface area contributed by atoms with Crippen LogP contribution in [0.2, 0.25) is 0 Å². The van der Waals surface area contributed by atoms with Crippen molar-refractivity contribution in [3.63, 3.8) is 0 Å². The van der Waals surface area contributed by atoms with E-state index >= 15 is 0 Å². The van der Waals surface area contributed by atoms with Crippen molar-refractivity contribution in [3.05, 3.63) is 34.9 Å². The quantitative estimate of drug-likeness (QED) is 0.796. The molecule has 4 nitrogen and oxygen atoms in total. The number of nitrogens with zero attached hydrogens (tertiary/aromatic N) is 3. The molecule has 1 aromatic heterocycles. The fourth-order valence-corrected chi connectivity index (χ4v) is 4.35. The topological polar surface area (TPSA) is 66.6 Å². The first kappa shape index (κ1) is 15.9. The highest BCUT2D eigenvalue weighted by atomic mass is 16.1. The van der Waals surface area contributed by atoms with E-state index in [0.29, 0.717) is 0 Å². The Labute approximate surface area is 137 Å². The maximum absolute atomic E-state index is 12.6. The van der Waals surface area contributed by atoms with Gasteiger partial charge in [0.1, 0.15) is 11.9 Å². The molecule has 1 aromatic rings. The molecule has 0 aromatic carbocycles. The molecule has 0 bridgehead atoms. The van der Waals surface area contributed by atoms with Crippen molar-refractivity contribution in [2.45, 2.75) is 58.8 Å². The van der Waals surface area contributed by atoms with Crippen LogP contribution in [0.25, 0.3) is 0 Å². The average molecular weight is 309 g/mol. The van der Waals surface area contributed by atoms with Gasteiger partial charge in [-0.05, 0) is 24.3 Å². The average Bonchev–Trinajstić information content (AvgIpc) is 2.50. The van der Waals surface area contributed by atoms with E-state index in [2.05, 4.69) is 31.8 Å². The second-order valence-corrected chi connectivity index (χ2v) is 7.85. The molecular weight excluding hydrogens is 286 g/mol. The van der Waals surface area contributed by atoms with Crippen LogP contribution in [0.5, 0.6) is 0 Å².